The van der Waals surface area contributed by atoms with Crippen LogP contribution in [0, 0.1) is 5.92 Å². The van der Waals surface area contributed by atoms with Gasteiger partial charge in [0, 0.05) is 12.1 Å². The normalized spacial score (nSPS) is 36.4. The van der Waals surface area contributed by atoms with Gasteiger partial charge < -0.3 is 10.2 Å². The first-order valence-corrected chi connectivity index (χ1v) is 6.20. The number of nitrogens with one attached hydrogen (secondary N) is 1. The highest BCUT2D eigenvalue weighted by molar-refractivity contribution is 4.85. The van der Waals surface area contributed by atoms with Crippen LogP contribution in [0.15, 0.2) is 0 Å². The first-order chi connectivity index (χ1) is 6.75. The molecule has 0 spiro atoms. The van der Waals surface area contributed by atoms with Gasteiger partial charge in [-0.05, 0) is 51.7 Å². The summed E-state index contributed by atoms with van der Waals surface area (Å²) in [5.74, 6) is 0.912. The Kier molecular flexibility index (Phi) is 3.45. The van der Waals surface area contributed by atoms with E-state index in [1.165, 1.54) is 45.2 Å². The first-order valence-electron chi connectivity index (χ1n) is 6.20. The monoisotopic (exact) mass is 196 g/mol. The van der Waals surface area contributed by atoms with Gasteiger partial charge in [-0.25, -0.2) is 0 Å². The number of piperidine rings is 1. The molecule has 2 fully saturated rings. The van der Waals surface area contributed by atoms with Gasteiger partial charge in [0.25, 0.3) is 0 Å². The van der Waals surface area contributed by atoms with Gasteiger partial charge in [-0.15, -0.1) is 0 Å². The zero-order valence-electron chi connectivity index (χ0n) is 9.63. The van der Waals surface area contributed by atoms with Crippen molar-refractivity contribution in [2.45, 2.75) is 51.1 Å². The van der Waals surface area contributed by atoms with E-state index in [-0.39, 0.29) is 0 Å². The molecule has 82 valence electrons. The molecule has 2 nitrogen and oxygen atoms in total. The Hall–Kier alpha value is -0.0800. The average molecular weight is 196 g/mol. The summed E-state index contributed by atoms with van der Waals surface area (Å²) in [6, 6.07) is 1.63. The Bertz CT molecular complexity index is 173. The van der Waals surface area contributed by atoms with E-state index in [4.69, 9.17) is 0 Å². The largest absolute Gasteiger partial charge is 0.311 e. The molecule has 1 saturated heterocycles. The molecular weight excluding hydrogens is 172 g/mol. The highest BCUT2D eigenvalue weighted by atomic mass is 15.1. The molecule has 0 radical (unpaired) electrons. The van der Waals surface area contributed by atoms with Crippen molar-refractivity contribution in [1.29, 1.82) is 0 Å². The second kappa shape index (κ2) is 4.63. The Morgan fingerprint density at radius 2 is 1.79 bits per heavy atom. The average Bonchev–Trinajstić information content (AvgIpc) is 2.56. The molecule has 2 atom stereocenters. The SMILES string of the molecule is C[C@@H]1CCC[C@@H]1NC1CCN(C)CC1. The van der Waals surface area contributed by atoms with Gasteiger partial charge >= 0.3 is 0 Å². The predicted octanol–water partition coefficient (Wildman–Crippen LogP) is 1.86. The molecule has 0 aromatic carbocycles. The van der Waals surface area contributed by atoms with E-state index < -0.39 is 0 Å². The minimum Gasteiger partial charge on any atom is -0.311 e. The molecule has 0 unspecified atom stereocenters. The van der Waals surface area contributed by atoms with E-state index in [0.29, 0.717) is 0 Å². The molecule has 0 aromatic rings. The molecule has 0 bridgehead atoms. The molecule has 0 aromatic heterocycles. The maximum Gasteiger partial charge on any atom is 0.00953 e. The third-order valence-electron chi connectivity index (χ3n) is 4.03. The lowest BCUT2D eigenvalue weighted by molar-refractivity contribution is 0.217. The fourth-order valence-corrected chi connectivity index (χ4v) is 2.87. The van der Waals surface area contributed by atoms with Gasteiger partial charge in [-0.1, -0.05) is 13.3 Å². The van der Waals surface area contributed by atoms with Crippen molar-refractivity contribution in [3.8, 4) is 0 Å². The van der Waals surface area contributed by atoms with E-state index in [9.17, 15) is 0 Å². The summed E-state index contributed by atoms with van der Waals surface area (Å²) in [6.45, 7) is 4.96. The van der Waals surface area contributed by atoms with Crippen LogP contribution in [0.2, 0.25) is 0 Å². The zero-order chi connectivity index (χ0) is 9.97. The lowest BCUT2D eigenvalue weighted by atomic mass is 10.0. The zero-order valence-corrected chi connectivity index (χ0v) is 9.63. The van der Waals surface area contributed by atoms with Crippen LogP contribution in [0.25, 0.3) is 0 Å². The van der Waals surface area contributed by atoms with Crippen LogP contribution < -0.4 is 5.32 Å². The van der Waals surface area contributed by atoms with Gasteiger partial charge in [0.2, 0.25) is 0 Å². The molecule has 2 rings (SSSR count). The second-order valence-electron chi connectivity index (χ2n) is 5.26. The van der Waals surface area contributed by atoms with Gasteiger partial charge in [-0.2, -0.15) is 0 Å². The fourth-order valence-electron chi connectivity index (χ4n) is 2.87. The summed E-state index contributed by atoms with van der Waals surface area (Å²) in [7, 11) is 2.23. The molecule has 1 aliphatic heterocycles. The van der Waals surface area contributed by atoms with E-state index in [1.54, 1.807) is 0 Å². The Morgan fingerprint density at radius 3 is 2.36 bits per heavy atom. The van der Waals surface area contributed by atoms with Crippen LogP contribution in [0.3, 0.4) is 0 Å². The minimum atomic E-state index is 0.803. The highest BCUT2D eigenvalue weighted by Gasteiger charge is 2.26. The van der Waals surface area contributed by atoms with E-state index >= 15 is 0 Å². The molecule has 1 N–H and O–H groups in total. The summed E-state index contributed by atoms with van der Waals surface area (Å²) in [5.41, 5.74) is 0. The fraction of sp³-hybridized carbons (Fsp3) is 1.00. The standard InChI is InChI=1S/C12H24N2/c1-10-4-3-5-12(10)13-11-6-8-14(2)9-7-11/h10-13H,3-9H2,1-2H3/t10-,12+/m1/s1. The van der Waals surface area contributed by atoms with Gasteiger partial charge in [0.15, 0.2) is 0 Å². The molecule has 1 saturated carbocycles. The maximum absolute atomic E-state index is 3.86. The lowest BCUT2D eigenvalue weighted by Gasteiger charge is -2.32. The van der Waals surface area contributed by atoms with Crippen molar-refractivity contribution < 1.29 is 0 Å². The van der Waals surface area contributed by atoms with Crippen LogP contribution in [-0.4, -0.2) is 37.1 Å². The molecule has 2 heteroatoms. The minimum absolute atomic E-state index is 0.803. The number of likely N-dealkylation sites (tertiary alicyclic amines) is 1. The first kappa shape index (κ1) is 10.4. The maximum atomic E-state index is 3.86. The Morgan fingerprint density at radius 1 is 1.07 bits per heavy atom. The van der Waals surface area contributed by atoms with Crippen molar-refractivity contribution in [2.24, 2.45) is 5.92 Å². The summed E-state index contributed by atoms with van der Waals surface area (Å²) in [4.78, 5) is 2.44. The van der Waals surface area contributed by atoms with Crippen molar-refractivity contribution in [1.82, 2.24) is 10.2 Å². The van der Waals surface area contributed by atoms with Crippen LogP contribution >= 0.6 is 0 Å². The van der Waals surface area contributed by atoms with Crippen molar-refractivity contribution >= 4 is 0 Å². The molecule has 1 aliphatic carbocycles. The van der Waals surface area contributed by atoms with Gasteiger partial charge in [-0.3, -0.25) is 0 Å². The third-order valence-corrected chi connectivity index (χ3v) is 4.03. The van der Waals surface area contributed by atoms with E-state index in [0.717, 1.165) is 18.0 Å². The van der Waals surface area contributed by atoms with Crippen LogP contribution in [0.4, 0.5) is 0 Å². The Labute approximate surface area is 88.1 Å². The summed E-state index contributed by atoms with van der Waals surface area (Å²) >= 11 is 0. The van der Waals surface area contributed by atoms with Crippen LogP contribution in [0.1, 0.15) is 39.0 Å². The highest BCUT2D eigenvalue weighted by Crippen LogP contribution is 2.26. The van der Waals surface area contributed by atoms with Crippen molar-refractivity contribution in [3.05, 3.63) is 0 Å². The third kappa shape index (κ3) is 2.48. The summed E-state index contributed by atoms with van der Waals surface area (Å²) in [6.07, 6.45) is 6.97. The van der Waals surface area contributed by atoms with Crippen molar-refractivity contribution in [2.75, 3.05) is 20.1 Å². The molecule has 14 heavy (non-hydrogen) atoms. The molecule has 0 amide bonds. The summed E-state index contributed by atoms with van der Waals surface area (Å²) in [5, 5.41) is 3.86. The molecular formula is C12H24N2. The number of nitrogens with zero attached hydrogens (tertiary/aromatic N) is 1. The number of rotatable bonds is 2. The quantitative estimate of drug-likeness (QED) is 0.725. The smallest absolute Gasteiger partial charge is 0.00953 e. The molecule has 2 aliphatic rings. The molecule has 1 heterocycles. The Balaban J connectivity index is 1.74. The second-order valence-corrected chi connectivity index (χ2v) is 5.26. The van der Waals surface area contributed by atoms with E-state index in [1.807, 2.05) is 0 Å². The van der Waals surface area contributed by atoms with E-state index in [2.05, 4.69) is 24.2 Å². The predicted molar refractivity (Wildman–Crippen MR) is 60.5 cm³/mol. The number of hydrogen-bond acceptors (Lipinski definition) is 2. The van der Waals surface area contributed by atoms with Gasteiger partial charge in [0.1, 0.15) is 0 Å². The van der Waals surface area contributed by atoms with Crippen LogP contribution in [-0.2, 0) is 0 Å². The topological polar surface area (TPSA) is 15.3 Å². The number of hydrogen-bond donors (Lipinski definition) is 1. The van der Waals surface area contributed by atoms with Crippen LogP contribution in [0.5, 0.6) is 0 Å². The summed E-state index contributed by atoms with van der Waals surface area (Å²) < 4.78 is 0. The lowest BCUT2D eigenvalue weighted by Crippen LogP contribution is -2.45. The van der Waals surface area contributed by atoms with Crippen molar-refractivity contribution in [3.63, 3.8) is 0 Å². The van der Waals surface area contributed by atoms with Gasteiger partial charge in [0.05, 0.1) is 0 Å².